The number of ether oxygens (including phenoxy) is 1. The van der Waals surface area contributed by atoms with Gasteiger partial charge in [-0.2, -0.15) is 0 Å². The van der Waals surface area contributed by atoms with Crippen LogP contribution in [0.15, 0.2) is 36.4 Å². The number of carbonyl (C=O) groups is 1. The first-order valence-corrected chi connectivity index (χ1v) is 6.02. The summed E-state index contributed by atoms with van der Waals surface area (Å²) in [6, 6.07) is 8.19. The molecule has 20 heavy (non-hydrogen) atoms. The Balaban J connectivity index is 2.13. The molecule has 0 atom stereocenters. The Bertz CT molecular complexity index is 662. The molecule has 0 amide bonds. The molecule has 0 unspecified atom stereocenters. The van der Waals surface area contributed by atoms with Crippen molar-refractivity contribution in [2.75, 3.05) is 5.73 Å². The molecule has 0 saturated carbocycles. The summed E-state index contributed by atoms with van der Waals surface area (Å²) in [5, 5.41) is 0.421. The molecule has 3 nitrogen and oxygen atoms in total. The first-order chi connectivity index (χ1) is 9.49. The van der Waals surface area contributed by atoms with Crippen molar-refractivity contribution < 1.29 is 18.3 Å². The van der Waals surface area contributed by atoms with Crippen LogP contribution in [0.2, 0.25) is 5.02 Å². The molecular weight excluding hydrogens is 288 g/mol. The molecular formula is C14H10ClF2NO2. The molecule has 0 spiro atoms. The highest BCUT2D eigenvalue weighted by Crippen LogP contribution is 2.19. The van der Waals surface area contributed by atoms with Crippen molar-refractivity contribution >= 4 is 23.3 Å². The Labute approximate surface area is 118 Å². The normalized spacial score (nSPS) is 10.3. The lowest BCUT2D eigenvalue weighted by Gasteiger charge is -2.08. The molecule has 0 aromatic heterocycles. The number of nitrogen functional groups attached to an aromatic ring is 1. The van der Waals surface area contributed by atoms with Gasteiger partial charge in [0.15, 0.2) is 0 Å². The predicted molar refractivity (Wildman–Crippen MR) is 71.3 cm³/mol. The van der Waals surface area contributed by atoms with Crippen LogP contribution in [0, 0.1) is 11.6 Å². The summed E-state index contributed by atoms with van der Waals surface area (Å²) in [7, 11) is 0. The van der Waals surface area contributed by atoms with Crippen molar-refractivity contribution in [2.24, 2.45) is 0 Å². The van der Waals surface area contributed by atoms with E-state index < -0.39 is 23.2 Å². The largest absolute Gasteiger partial charge is 0.457 e. The van der Waals surface area contributed by atoms with Gasteiger partial charge in [0.25, 0.3) is 0 Å². The maximum absolute atomic E-state index is 13.5. The van der Waals surface area contributed by atoms with Crippen molar-refractivity contribution in [1.29, 1.82) is 0 Å². The van der Waals surface area contributed by atoms with E-state index in [-0.39, 0.29) is 12.3 Å². The van der Waals surface area contributed by atoms with Crippen LogP contribution in [0.3, 0.4) is 0 Å². The van der Waals surface area contributed by atoms with Crippen LogP contribution < -0.4 is 5.73 Å². The van der Waals surface area contributed by atoms with Crippen LogP contribution in [0.4, 0.5) is 14.5 Å². The van der Waals surface area contributed by atoms with Gasteiger partial charge in [0.1, 0.15) is 18.2 Å². The van der Waals surface area contributed by atoms with E-state index in [1.165, 1.54) is 0 Å². The fourth-order valence-corrected chi connectivity index (χ4v) is 1.75. The van der Waals surface area contributed by atoms with E-state index >= 15 is 0 Å². The van der Waals surface area contributed by atoms with Crippen molar-refractivity contribution in [1.82, 2.24) is 0 Å². The minimum Gasteiger partial charge on any atom is -0.457 e. The zero-order valence-electron chi connectivity index (χ0n) is 10.2. The number of anilines is 1. The second-order valence-corrected chi connectivity index (χ2v) is 4.43. The van der Waals surface area contributed by atoms with Crippen LogP contribution >= 0.6 is 11.6 Å². The van der Waals surface area contributed by atoms with Crippen LogP contribution in [-0.4, -0.2) is 5.97 Å². The molecule has 0 heterocycles. The van der Waals surface area contributed by atoms with Crippen molar-refractivity contribution in [3.63, 3.8) is 0 Å². The van der Waals surface area contributed by atoms with E-state index in [9.17, 15) is 13.6 Å². The average Bonchev–Trinajstić information content (AvgIpc) is 2.41. The topological polar surface area (TPSA) is 52.3 Å². The molecule has 2 aromatic rings. The lowest BCUT2D eigenvalue weighted by Crippen LogP contribution is -2.09. The fraction of sp³-hybridized carbons (Fsp3) is 0.0714. The third-order valence-corrected chi connectivity index (χ3v) is 2.99. The smallest absolute Gasteiger partial charge is 0.341 e. The molecule has 104 valence electrons. The third kappa shape index (κ3) is 3.05. The number of halogens is 3. The highest BCUT2D eigenvalue weighted by atomic mass is 35.5. The number of hydrogen-bond acceptors (Lipinski definition) is 3. The second kappa shape index (κ2) is 5.88. The van der Waals surface area contributed by atoms with Gasteiger partial charge >= 0.3 is 5.97 Å². The molecule has 2 rings (SSSR count). The molecule has 2 N–H and O–H groups in total. The quantitative estimate of drug-likeness (QED) is 0.696. The van der Waals surface area contributed by atoms with Gasteiger partial charge in [-0.05, 0) is 12.1 Å². The first-order valence-electron chi connectivity index (χ1n) is 5.64. The lowest BCUT2D eigenvalue weighted by molar-refractivity contribution is 0.0467. The Kier molecular flexibility index (Phi) is 4.20. The van der Waals surface area contributed by atoms with Crippen LogP contribution in [0.5, 0.6) is 0 Å². The summed E-state index contributed by atoms with van der Waals surface area (Å²) in [6.07, 6.45) is 0. The maximum Gasteiger partial charge on any atom is 0.341 e. The van der Waals surface area contributed by atoms with E-state index in [0.29, 0.717) is 16.7 Å². The molecule has 6 heteroatoms. The second-order valence-electron chi connectivity index (χ2n) is 4.02. The number of carbonyl (C=O) groups excluding carboxylic acids is 1. The Morgan fingerprint density at radius 2 is 1.90 bits per heavy atom. The zero-order valence-corrected chi connectivity index (χ0v) is 11.0. The van der Waals surface area contributed by atoms with Gasteiger partial charge in [-0.3, -0.25) is 0 Å². The first kappa shape index (κ1) is 14.3. The summed E-state index contributed by atoms with van der Waals surface area (Å²) in [5.41, 5.74) is 4.88. The van der Waals surface area contributed by atoms with Crippen LogP contribution in [0.1, 0.15) is 15.9 Å². The summed E-state index contributed by atoms with van der Waals surface area (Å²) >= 11 is 5.89. The summed E-state index contributed by atoms with van der Waals surface area (Å²) in [6.45, 7) is -0.135. The number of benzene rings is 2. The van der Waals surface area contributed by atoms with Gasteiger partial charge < -0.3 is 10.5 Å². The molecule has 0 radical (unpaired) electrons. The monoisotopic (exact) mass is 297 g/mol. The van der Waals surface area contributed by atoms with Gasteiger partial charge in [0, 0.05) is 16.7 Å². The number of nitrogens with two attached hydrogens (primary N) is 1. The third-order valence-electron chi connectivity index (χ3n) is 2.62. The van der Waals surface area contributed by atoms with E-state index in [1.807, 2.05) is 0 Å². The van der Waals surface area contributed by atoms with Crippen molar-refractivity contribution in [3.8, 4) is 0 Å². The van der Waals surface area contributed by atoms with Gasteiger partial charge in [0.05, 0.1) is 11.3 Å². The van der Waals surface area contributed by atoms with Crippen LogP contribution in [0.25, 0.3) is 0 Å². The van der Waals surface area contributed by atoms with Gasteiger partial charge in [-0.1, -0.05) is 29.8 Å². The zero-order chi connectivity index (χ0) is 14.7. The standard InChI is InChI=1S/C14H10ClF2NO2/c15-10-4-2-1-3-8(10)7-20-14(19)9-5-12(17)13(18)6-11(9)16/h1-6H,7,18H2. The molecule has 0 fully saturated rings. The van der Waals surface area contributed by atoms with E-state index in [4.69, 9.17) is 22.1 Å². The maximum atomic E-state index is 13.5. The molecule has 0 aliphatic carbocycles. The highest BCUT2D eigenvalue weighted by molar-refractivity contribution is 6.31. The number of rotatable bonds is 3. The van der Waals surface area contributed by atoms with Crippen molar-refractivity contribution in [3.05, 3.63) is 64.2 Å². The molecule has 0 bridgehead atoms. The SMILES string of the molecule is Nc1cc(F)c(C(=O)OCc2ccccc2Cl)cc1F. The number of esters is 1. The van der Waals surface area contributed by atoms with Gasteiger partial charge in [-0.25, -0.2) is 13.6 Å². The van der Waals surface area contributed by atoms with E-state index in [2.05, 4.69) is 0 Å². The van der Waals surface area contributed by atoms with E-state index in [0.717, 1.165) is 6.07 Å². The summed E-state index contributed by atoms with van der Waals surface area (Å²) in [5.74, 6) is -2.80. The van der Waals surface area contributed by atoms with Crippen molar-refractivity contribution in [2.45, 2.75) is 6.61 Å². The molecule has 2 aromatic carbocycles. The molecule has 0 saturated heterocycles. The minimum atomic E-state index is -0.985. The Hall–Kier alpha value is -2.14. The Morgan fingerprint density at radius 3 is 2.60 bits per heavy atom. The van der Waals surface area contributed by atoms with Gasteiger partial charge in [0.2, 0.25) is 0 Å². The van der Waals surface area contributed by atoms with E-state index in [1.54, 1.807) is 24.3 Å². The summed E-state index contributed by atoms with van der Waals surface area (Å²) in [4.78, 5) is 11.7. The molecule has 0 aliphatic heterocycles. The predicted octanol–water partition coefficient (Wildman–Crippen LogP) is 3.56. The number of hydrogen-bond donors (Lipinski definition) is 1. The fourth-order valence-electron chi connectivity index (χ4n) is 1.56. The van der Waals surface area contributed by atoms with Crippen LogP contribution in [-0.2, 0) is 11.3 Å². The van der Waals surface area contributed by atoms with Gasteiger partial charge in [-0.15, -0.1) is 0 Å². The Morgan fingerprint density at radius 1 is 1.20 bits per heavy atom. The molecule has 0 aliphatic rings. The average molecular weight is 298 g/mol. The minimum absolute atomic E-state index is 0.135. The highest BCUT2D eigenvalue weighted by Gasteiger charge is 2.16. The lowest BCUT2D eigenvalue weighted by atomic mass is 10.2. The summed E-state index contributed by atoms with van der Waals surface area (Å²) < 4.78 is 31.6.